The zero-order valence-electron chi connectivity index (χ0n) is 12.5. The van der Waals surface area contributed by atoms with Crippen LogP contribution in [0.2, 0.25) is 0 Å². The Bertz CT molecular complexity index is 887. The van der Waals surface area contributed by atoms with Crippen molar-refractivity contribution in [2.24, 2.45) is 0 Å². The van der Waals surface area contributed by atoms with Crippen LogP contribution in [0, 0.1) is 6.92 Å². The zero-order valence-corrected chi connectivity index (χ0v) is 12.5. The molecule has 0 atom stereocenters. The molecule has 1 N–H and O–H groups in total. The van der Waals surface area contributed by atoms with Gasteiger partial charge in [-0.1, -0.05) is 36.6 Å². The van der Waals surface area contributed by atoms with Crippen LogP contribution >= 0.6 is 0 Å². The molecule has 1 aliphatic rings. The molecule has 1 aliphatic carbocycles. The molecule has 5 heteroatoms. The third-order valence-electron chi connectivity index (χ3n) is 4.46. The smallest absolute Gasteiger partial charge is 0.262 e. The Hall–Kier alpha value is -2.43. The van der Waals surface area contributed by atoms with E-state index in [1.54, 1.807) is 0 Å². The lowest BCUT2D eigenvalue weighted by atomic mass is 10.1. The summed E-state index contributed by atoms with van der Waals surface area (Å²) < 4.78 is 1.97. The molecule has 2 heterocycles. The van der Waals surface area contributed by atoms with Crippen LogP contribution in [0.1, 0.15) is 37.3 Å². The van der Waals surface area contributed by atoms with Gasteiger partial charge in [0.25, 0.3) is 5.56 Å². The van der Waals surface area contributed by atoms with Gasteiger partial charge in [0.05, 0.1) is 12.4 Å². The Balaban J connectivity index is 2.00. The van der Waals surface area contributed by atoms with Crippen LogP contribution in [-0.4, -0.2) is 19.7 Å². The quantitative estimate of drug-likeness (QED) is 0.789. The van der Waals surface area contributed by atoms with E-state index in [9.17, 15) is 4.79 Å². The highest BCUT2D eigenvalue weighted by Gasteiger charge is 2.24. The van der Waals surface area contributed by atoms with Gasteiger partial charge in [-0.3, -0.25) is 4.79 Å². The molecule has 3 aromatic rings. The molecule has 0 unspecified atom stereocenters. The summed E-state index contributed by atoms with van der Waals surface area (Å²) in [5, 5.41) is 5.37. The van der Waals surface area contributed by atoms with Gasteiger partial charge in [0.15, 0.2) is 5.65 Å². The molecular formula is C17H18N4O. The molecule has 1 saturated carbocycles. The average Bonchev–Trinajstić information content (AvgIpc) is 3.15. The Labute approximate surface area is 128 Å². The van der Waals surface area contributed by atoms with Crippen molar-refractivity contribution in [1.82, 2.24) is 19.7 Å². The number of aromatic amines is 1. The third kappa shape index (κ3) is 2.04. The highest BCUT2D eigenvalue weighted by atomic mass is 16.1. The Morgan fingerprint density at radius 3 is 2.86 bits per heavy atom. The molecule has 5 nitrogen and oxygen atoms in total. The van der Waals surface area contributed by atoms with Gasteiger partial charge in [0.2, 0.25) is 0 Å². The first-order valence-electron chi connectivity index (χ1n) is 7.77. The van der Waals surface area contributed by atoms with Crippen LogP contribution in [0.4, 0.5) is 0 Å². The van der Waals surface area contributed by atoms with Crippen molar-refractivity contribution in [2.45, 2.75) is 38.6 Å². The van der Waals surface area contributed by atoms with Gasteiger partial charge >= 0.3 is 0 Å². The fraction of sp³-hybridized carbons (Fsp3) is 0.353. The van der Waals surface area contributed by atoms with E-state index in [0.717, 1.165) is 29.7 Å². The van der Waals surface area contributed by atoms with Gasteiger partial charge in [-0.25, -0.2) is 9.67 Å². The molecule has 0 aliphatic heterocycles. The normalized spacial score (nSPS) is 15.7. The molecule has 2 aromatic heterocycles. The number of rotatable bonds is 2. The summed E-state index contributed by atoms with van der Waals surface area (Å²) in [6.45, 7) is 2.04. The van der Waals surface area contributed by atoms with E-state index in [-0.39, 0.29) is 5.56 Å². The van der Waals surface area contributed by atoms with Crippen molar-refractivity contribution in [3.63, 3.8) is 0 Å². The standard InChI is InChI=1S/C17H18N4O/c1-11-5-4-6-12(9-11)15-14-16(18-10-19-17(14)22)21(20-15)13-7-2-3-8-13/h4-6,9-10,13H,2-3,7-8H2,1H3,(H,18,19,22). The monoisotopic (exact) mass is 294 g/mol. The predicted octanol–water partition coefficient (Wildman–Crippen LogP) is 3.21. The largest absolute Gasteiger partial charge is 0.312 e. The SMILES string of the molecule is Cc1cccc(-c2nn(C3CCCC3)c3nc[nH]c(=O)c23)c1. The Morgan fingerprint density at radius 2 is 2.09 bits per heavy atom. The molecule has 4 rings (SSSR count). The summed E-state index contributed by atoms with van der Waals surface area (Å²) in [6, 6.07) is 8.46. The van der Waals surface area contributed by atoms with Crippen LogP contribution in [0.15, 0.2) is 35.4 Å². The van der Waals surface area contributed by atoms with E-state index >= 15 is 0 Å². The molecule has 0 amide bonds. The lowest BCUT2D eigenvalue weighted by Gasteiger charge is -2.09. The van der Waals surface area contributed by atoms with Gasteiger partial charge < -0.3 is 4.98 Å². The minimum absolute atomic E-state index is 0.120. The molecule has 0 saturated heterocycles. The lowest BCUT2D eigenvalue weighted by Crippen LogP contribution is -2.10. The van der Waals surface area contributed by atoms with Crippen LogP contribution in [-0.2, 0) is 0 Å². The number of nitrogens with zero attached hydrogens (tertiary/aromatic N) is 3. The first-order valence-corrected chi connectivity index (χ1v) is 7.77. The maximum atomic E-state index is 12.3. The van der Waals surface area contributed by atoms with Gasteiger partial charge in [0.1, 0.15) is 11.1 Å². The maximum absolute atomic E-state index is 12.3. The Morgan fingerprint density at radius 1 is 1.27 bits per heavy atom. The number of H-pyrrole nitrogens is 1. The molecule has 0 radical (unpaired) electrons. The second-order valence-electron chi connectivity index (χ2n) is 6.03. The van der Waals surface area contributed by atoms with Crippen LogP contribution in [0.3, 0.4) is 0 Å². The summed E-state index contributed by atoms with van der Waals surface area (Å²) in [5.41, 5.74) is 3.44. The summed E-state index contributed by atoms with van der Waals surface area (Å²) in [4.78, 5) is 19.4. The number of aryl methyl sites for hydroxylation is 1. The van der Waals surface area contributed by atoms with E-state index in [0.29, 0.717) is 17.1 Å². The molecule has 22 heavy (non-hydrogen) atoms. The number of hydrogen-bond donors (Lipinski definition) is 1. The minimum atomic E-state index is -0.120. The summed E-state index contributed by atoms with van der Waals surface area (Å²) in [6.07, 6.45) is 6.12. The fourth-order valence-corrected chi connectivity index (χ4v) is 3.38. The summed E-state index contributed by atoms with van der Waals surface area (Å²) in [5.74, 6) is 0. The van der Waals surface area contributed by atoms with E-state index in [1.165, 1.54) is 19.2 Å². The molecule has 112 valence electrons. The fourth-order valence-electron chi connectivity index (χ4n) is 3.38. The molecular weight excluding hydrogens is 276 g/mol. The first-order chi connectivity index (χ1) is 10.7. The van der Waals surface area contributed by atoms with Crippen LogP contribution < -0.4 is 5.56 Å². The second kappa shape index (κ2) is 5.09. The van der Waals surface area contributed by atoms with E-state index in [4.69, 9.17) is 5.10 Å². The second-order valence-corrected chi connectivity index (χ2v) is 6.03. The lowest BCUT2D eigenvalue weighted by molar-refractivity contribution is 0.479. The van der Waals surface area contributed by atoms with Crippen molar-refractivity contribution >= 4 is 11.0 Å². The average molecular weight is 294 g/mol. The predicted molar refractivity (Wildman–Crippen MR) is 85.8 cm³/mol. The van der Waals surface area contributed by atoms with Crippen molar-refractivity contribution < 1.29 is 0 Å². The molecule has 1 fully saturated rings. The maximum Gasteiger partial charge on any atom is 0.262 e. The first kappa shape index (κ1) is 13.2. The molecule has 1 aromatic carbocycles. The number of hydrogen-bond acceptors (Lipinski definition) is 3. The van der Waals surface area contributed by atoms with Crippen molar-refractivity contribution in [3.05, 3.63) is 46.5 Å². The van der Waals surface area contributed by atoms with Gasteiger partial charge in [-0.05, 0) is 25.8 Å². The van der Waals surface area contributed by atoms with Gasteiger partial charge in [-0.15, -0.1) is 0 Å². The number of fused-ring (bicyclic) bond motifs is 1. The van der Waals surface area contributed by atoms with Crippen molar-refractivity contribution in [1.29, 1.82) is 0 Å². The topological polar surface area (TPSA) is 63.6 Å². The van der Waals surface area contributed by atoms with Crippen molar-refractivity contribution in [3.8, 4) is 11.3 Å². The zero-order chi connectivity index (χ0) is 15.1. The number of aromatic nitrogens is 4. The van der Waals surface area contributed by atoms with Crippen molar-refractivity contribution in [2.75, 3.05) is 0 Å². The van der Waals surface area contributed by atoms with Crippen LogP contribution in [0.25, 0.3) is 22.3 Å². The highest BCUT2D eigenvalue weighted by molar-refractivity contribution is 5.90. The third-order valence-corrected chi connectivity index (χ3v) is 4.46. The number of benzene rings is 1. The summed E-state index contributed by atoms with van der Waals surface area (Å²) in [7, 11) is 0. The Kier molecular flexibility index (Phi) is 3.06. The van der Waals surface area contributed by atoms with E-state index < -0.39 is 0 Å². The van der Waals surface area contributed by atoms with E-state index in [1.807, 2.05) is 29.8 Å². The van der Waals surface area contributed by atoms with Gasteiger partial charge in [0, 0.05) is 5.56 Å². The van der Waals surface area contributed by atoms with Gasteiger partial charge in [-0.2, -0.15) is 5.10 Å². The highest BCUT2D eigenvalue weighted by Crippen LogP contribution is 2.33. The molecule has 0 spiro atoms. The summed E-state index contributed by atoms with van der Waals surface area (Å²) >= 11 is 0. The molecule has 0 bridgehead atoms. The minimum Gasteiger partial charge on any atom is -0.312 e. The van der Waals surface area contributed by atoms with E-state index in [2.05, 4.69) is 16.0 Å². The number of nitrogens with one attached hydrogen (secondary N) is 1. The van der Waals surface area contributed by atoms with Crippen LogP contribution in [0.5, 0.6) is 0 Å².